The quantitative estimate of drug-likeness (QED) is 0.577. The first-order valence-corrected chi connectivity index (χ1v) is 13.0. The molecule has 4 nitrogen and oxygen atoms in total. The Hall–Kier alpha value is -0.886. The van der Waals surface area contributed by atoms with Crippen molar-refractivity contribution in [1.29, 1.82) is 0 Å². The summed E-state index contributed by atoms with van der Waals surface area (Å²) in [6.07, 6.45) is 3.19. The predicted octanol–water partition coefficient (Wildman–Crippen LogP) is 2.60. The number of hydrogen-bond donors (Lipinski definition) is 0. The number of nitrogens with zero attached hydrogens (tertiary/aromatic N) is 1. The summed E-state index contributed by atoms with van der Waals surface area (Å²) in [5.74, 6) is -0.404. The molecule has 6 heteroatoms. The molecule has 0 aliphatic carbocycles. The van der Waals surface area contributed by atoms with Crippen molar-refractivity contribution in [2.75, 3.05) is 6.54 Å². The number of amides is 1. The Balaban J connectivity index is 4.83. The van der Waals surface area contributed by atoms with Crippen LogP contribution in [0.3, 0.4) is 0 Å². The maximum atomic E-state index is 12.0. The van der Waals surface area contributed by atoms with Crippen LogP contribution in [0, 0.1) is 0 Å². The van der Waals surface area contributed by atoms with E-state index in [-0.39, 0.29) is 18.4 Å². The molecule has 18 heavy (non-hydrogen) atoms. The summed E-state index contributed by atoms with van der Waals surface area (Å²) in [7, 11) is -3.77. The summed E-state index contributed by atoms with van der Waals surface area (Å²) < 4.78 is 7.06. The van der Waals surface area contributed by atoms with Crippen LogP contribution in [-0.4, -0.2) is 39.5 Å². The van der Waals surface area contributed by atoms with E-state index in [9.17, 15) is 9.59 Å². The zero-order chi connectivity index (χ0) is 14.6. The van der Waals surface area contributed by atoms with E-state index in [4.69, 9.17) is 4.43 Å². The van der Waals surface area contributed by atoms with E-state index in [0.717, 1.165) is 0 Å². The summed E-state index contributed by atoms with van der Waals surface area (Å²) in [6.45, 7) is 13.8. The van der Waals surface area contributed by atoms with E-state index in [0.29, 0.717) is 0 Å². The molecule has 0 spiro atoms. The Morgan fingerprint density at radius 2 is 1.61 bits per heavy atom. The third-order valence-corrected chi connectivity index (χ3v) is 4.93. The summed E-state index contributed by atoms with van der Waals surface area (Å²) in [5, 5.41) is 0. The Bertz CT molecular complexity index is 340. The summed E-state index contributed by atoms with van der Waals surface area (Å²) in [4.78, 5) is 23.8. The first-order chi connectivity index (χ1) is 7.97. The van der Waals surface area contributed by atoms with Gasteiger partial charge >= 0.3 is 5.97 Å². The third kappa shape index (κ3) is 6.75. The van der Waals surface area contributed by atoms with Gasteiger partial charge in [-0.25, -0.2) is 0 Å². The zero-order valence-corrected chi connectivity index (χ0v) is 14.5. The summed E-state index contributed by atoms with van der Waals surface area (Å²) in [6, 6.07) is 0. The van der Waals surface area contributed by atoms with Gasteiger partial charge in [-0.1, -0.05) is 25.7 Å². The molecule has 0 heterocycles. The van der Waals surface area contributed by atoms with Crippen molar-refractivity contribution >= 4 is 28.4 Å². The lowest BCUT2D eigenvalue weighted by Gasteiger charge is -2.33. The van der Waals surface area contributed by atoms with Crippen molar-refractivity contribution in [2.24, 2.45) is 0 Å². The van der Waals surface area contributed by atoms with E-state index in [1.807, 2.05) is 39.3 Å². The van der Waals surface area contributed by atoms with Crippen LogP contribution in [0.25, 0.3) is 0 Å². The number of allylic oxidation sites excluding steroid dienone is 1. The van der Waals surface area contributed by atoms with Crippen molar-refractivity contribution in [3.05, 3.63) is 12.2 Å². The first kappa shape index (κ1) is 17.1. The highest BCUT2D eigenvalue weighted by Crippen LogP contribution is 2.12. The Labute approximate surface area is 112 Å². The standard InChI is InChI=1S/C12H25NO3Si2/c1-8-9-11(14)13(17(2,3)4)10-12(15)16-18(5,6)7/h8-9H,10H2,1-7H3. The van der Waals surface area contributed by atoms with Crippen LogP contribution < -0.4 is 0 Å². The molecule has 0 unspecified atom stereocenters. The molecule has 0 saturated heterocycles. The zero-order valence-electron chi connectivity index (χ0n) is 12.5. The maximum absolute atomic E-state index is 12.0. The van der Waals surface area contributed by atoms with E-state index in [1.54, 1.807) is 17.6 Å². The Kier molecular flexibility index (Phi) is 6.02. The molecule has 0 aromatic heterocycles. The van der Waals surface area contributed by atoms with Gasteiger partial charge in [0.05, 0.1) is 0 Å². The molecule has 0 bridgehead atoms. The lowest BCUT2D eigenvalue weighted by atomic mass is 10.5. The molecule has 0 aromatic rings. The molecule has 0 rings (SSSR count). The lowest BCUT2D eigenvalue weighted by molar-refractivity contribution is -0.138. The molecule has 0 atom stereocenters. The van der Waals surface area contributed by atoms with Gasteiger partial charge < -0.3 is 8.99 Å². The topological polar surface area (TPSA) is 46.6 Å². The van der Waals surface area contributed by atoms with E-state index in [2.05, 4.69) is 0 Å². The second-order valence-corrected chi connectivity index (χ2v) is 15.5. The molecular formula is C12H25NO3Si2. The van der Waals surface area contributed by atoms with Gasteiger partial charge in [0.2, 0.25) is 14.2 Å². The highest BCUT2D eigenvalue weighted by Gasteiger charge is 2.31. The predicted molar refractivity (Wildman–Crippen MR) is 79.3 cm³/mol. The van der Waals surface area contributed by atoms with Crippen LogP contribution in [0.4, 0.5) is 0 Å². The van der Waals surface area contributed by atoms with Crippen molar-refractivity contribution in [3.63, 3.8) is 0 Å². The summed E-state index contributed by atoms with van der Waals surface area (Å²) >= 11 is 0. The van der Waals surface area contributed by atoms with Gasteiger partial charge in [-0.2, -0.15) is 0 Å². The Morgan fingerprint density at radius 3 is 1.94 bits per heavy atom. The van der Waals surface area contributed by atoms with Crippen LogP contribution in [0.1, 0.15) is 6.92 Å². The minimum absolute atomic E-state index is 0.0587. The van der Waals surface area contributed by atoms with E-state index in [1.165, 1.54) is 6.08 Å². The SMILES string of the molecule is CC=CC(=O)N(CC(=O)O[Si](C)(C)C)[Si](C)(C)C. The normalized spacial score (nSPS) is 12.6. The molecule has 0 saturated carbocycles. The smallest absolute Gasteiger partial charge is 0.311 e. The number of hydrogen-bond acceptors (Lipinski definition) is 3. The largest absolute Gasteiger partial charge is 0.519 e. The fraction of sp³-hybridized carbons (Fsp3) is 0.667. The fourth-order valence-electron chi connectivity index (χ4n) is 1.38. The van der Waals surface area contributed by atoms with Crippen molar-refractivity contribution in [1.82, 2.24) is 4.57 Å². The van der Waals surface area contributed by atoms with Gasteiger partial charge in [0, 0.05) is 0 Å². The van der Waals surface area contributed by atoms with Crippen molar-refractivity contribution < 1.29 is 14.0 Å². The molecule has 0 aliphatic rings. The van der Waals surface area contributed by atoms with Crippen LogP contribution in [0.15, 0.2) is 12.2 Å². The maximum Gasteiger partial charge on any atom is 0.311 e. The molecule has 104 valence electrons. The second-order valence-electron chi connectivity index (χ2n) is 6.18. The van der Waals surface area contributed by atoms with Gasteiger partial charge in [0.15, 0.2) is 8.24 Å². The van der Waals surface area contributed by atoms with Gasteiger partial charge in [-0.05, 0) is 32.6 Å². The molecule has 1 amide bonds. The minimum Gasteiger partial charge on any atom is -0.519 e. The fourth-order valence-corrected chi connectivity index (χ4v) is 3.47. The van der Waals surface area contributed by atoms with Gasteiger partial charge in [0.1, 0.15) is 6.54 Å². The molecular weight excluding hydrogens is 262 g/mol. The average Bonchev–Trinajstić information content (AvgIpc) is 2.09. The molecule has 0 N–H and O–H groups in total. The van der Waals surface area contributed by atoms with Crippen molar-refractivity contribution in [3.8, 4) is 0 Å². The summed E-state index contributed by atoms with van der Waals surface area (Å²) in [5.41, 5.74) is 0. The van der Waals surface area contributed by atoms with Crippen molar-refractivity contribution in [2.45, 2.75) is 46.2 Å². The highest BCUT2D eigenvalue weighted by molar-refractivity contribution is 6.76. The third-order valence-electron chi connectivity index (χ3n) is 2.09. The van der Waals surface area contributed by atoms with Gasteiger partial charge in [0.25, 0.3) is 0 Å². The number of carbonyl (C=O) groups excluding carboxylic acids is 2. The van der Waals surface area contributed by atoms with Gasteiger partial charge in [-0.3, -0.25) is 9.59 Å². The first-order valence-electron chi connectivity index (χ1n) is 6.13. The monoisotopic (exact) mass is 287 g/mol. The molecule has 0 aromatic carbocycles. The Morgan fingerprint density at radius 1 is 1.11 bits per heavy atom. The number of rotatable bonds is 5. The molecule has 0 aliphatic heterocycles. The average molecular weight is 288 g/mol. The van der Waals surface area contributed by atoms with Crippen LogP contribution in [0.2, 0.25) is 39.3 Å². The van der Waals surface area contributed by atoms with E-state index < -0.39 is 16.6 Å². The van der Waals surface area contributed by atoms with Crippen LogP contribution in [-0.2, 0) is 14.0 Å². The molecule has 0 fully saturated rings. The van der Waals surface area contributed by atoms with Gasteiger partial charge in [-0.15, -0.1) is 0 Å². The van der Waals surface area contributed by atoms with Crippen LogP contribution in [0.5, 0.6) is 0 Å². The highest BCUT2D eigenvalue weighted by atomic mass is 28.4. The second kappa shape index (κ2) is 6.33. The molecule has 0 radical (unpaired) electrons. The number of carbonyl (C=O) groups is 2. The van der Waals surface area contributed by atoms with E-state index >= 15 is 0 Å². The minimum atomic E-state index is -1.89. The lowest BCUT2D eigenvalue weighted by Crippen LogP contribution is -2.52. The van der Waals surface area contributed by atoms with Crippen LogP contribution >= 0.6 is 0 Å².